The summed E-state index contributed by atoms with van der Waals surface area (Å²) in [6, 6.07) is 9.24. The number of rotatable bonds is 5. The predicted octanol–water partition coefficient (Wildman–Crippen LogP) is 4.73. The molecule has 2 aromatic rings. The van der Waals surface area contributed by atoms with Crippen molar-refractivity contribution in [3.8, 4) is 0 Å². The second-order valence-corrected chi connectivity index (χ2v) is 7.74. The van der Waals surface area contributed by atoms with E-state index in [0.717, 1.165) is 12.3 Å². The molecule has 1 heterocycles. The lowest BCUT2D eigenvalue weighted by molar-refractivity contribution is 0.465. The first-order valence-corrected chi connectivity index (χ1v) is 9.48. The van der Waals surface area contributed by atoms with Gasteiger partial charge in [-0.3, -0.25) is 0 Å². The second kappa shape index (κ2) is 6.95. The molecule has 0 bridgehead atoms. The maximum atomic E-state index is 4.92. The van der Waals surface area contributed by atoms with Crippen LogP contribution in [0.1, 0.15) is 46.9 Å². The molecular formula is C17H22N2S2. The molecule has 4 heteroatoms. The molecule has 2 nitrogen and oxygen atoms in total. The molecule has 1 aromatic heterocycles. The first kappa shape index (κ1) is 15.1. The molecule has 1 atom stereocenters. The molecule has 0 spiro atoms. The summed E-state index contributed by atoms with van der Waals surface area (Å²) >= 11 is 3.80. The highest BCUT2D eigenvalue weighted by Gasteiger charge is 2.23. The van der Waals surface area contributed by atoms with Crippen molar-refractivity contribution in [3.05, 3.63) is 45.4 Å². The van der Waals surface area contributed by atoms with Crippen molar-refractivity contribution in [3.63, 3.8) is 0 Å². The number of thiazole rings is 1. The molecule has 0 radical (unpaired) electrons. The average molecular weight is 319 g/mol. The minimum atomic E-state index is 0.480. The summed E-state index contributed by atoms with van der Waals surface area (Å²) in [6.45, 7) is 5.33. The van der Waals surface area contributed by atoms with E-state index >= 15 is 0 Å². The Bertz CT molecular complexity index is 589. The highest BCUT2D eigenvalue weighted by atomic mass is 32.2. The highest BCUT2D eigenvalue weighted by Crippen LogP contribution is 2.35. The number of nitrogens with zero attached hydrogens (tertiary/aromatic N) is 1. The summed E-state index contributed by atoms with van der Waals surface area (Å²) in [5.41, 5.74) is 2.64. The first-order chi connectivity index (χ1) is 10.3. The molecule has 1 N–H and O–H groups in total. The summed E-state index contributed by atoms with van der Waals surface area (Å²) < 4.78 is 0. The van der Waals surface area contributed by atoms with E-state index in [1.807, 2.05) is 23.1 Å². The number of thioether (sulfide) groups is 1. The molecule has 1 aliphatic rings. The van der Waals surface area contributed by atoms with Gasteiger partial charge in [-0.1, -0.05) is 24.6 Å². The van der Waals surface area contributed by atoms with Crippen molar-refractivity contribution in [2.45, 2.75) is 49.8 Å². The quantitative estimate of drug-likeness (QED) is 0.807. The highest BCUT2D eigenvalue weighted by molar-refractivity contribution is 7.98. The van der Waals surface area contributed by atoms with E-state index in [2.05, 4.69) is 43.4 Å². The number of hydrogen-bond donors (Lipinski definition) is 1. The van der Waals surface area contributed by atoms with Crippen molar-refractivity contribution >= 4 is 23.1 Å². The maximum Gasteiger partial charge on any atom is 0.103 e. The second-order valence-electron chi connectivity index (χ2n) is 5.52. The molecule has 1 aromatic carbocycles. The SMILES string of the molecule is CCNC1CCCc2sc(CSc3ccc(C)cc3)nc21. The Morgan fingerprint density at radius 1 is 1.33 bits per heavy atom. The van der Waals surface area contributed by atoms with Crippen molar-refractivity contribution in [1.29, 1.82) is 0 Å². The Labute approximate surface area is 135 Å². The summed E-state index contributed by atoms with van der Waals surface area (Å²) in [7, 11) is 0. The predicted molar refractivity (Wildman–Crippen MR) is 92.2 cm³/mol. The Morgan fingerprint density at radius 3 is 2.90 bits per heavy atom. The summed E-state index contributed by atoms with van der Waals surface area (Å²) in [6.07, 6.45) is 3.73. The number of nitrogens with one attached hydrogen (secondary N) is 1. The van der Waals surface area contributed by atoms with Gasteiger partial charge in [0.05, 0.1) is 17.5 Å². The topological polar surface area (TPSA) is 24.9 Å². The van der Waals surface area contributed by atoms with E-state index in [0.29, 0.717) is 6.04 Å². The van der Waals surface area contributed by atoms with E-state index in [4.69, 9.17) is 4.98 Å². The molecule has 1 aliphatic carbocycles. The van der Waals surface area contributed by atoms with E-state index in [1.54, 1.807) is 0 Å². The van der Waals surface area contributed by atoms with Crippen molar-refractivity contribution in [1.82, 2.24) is 10.3 Å². The van der Waals surface area contributed by atoms with Crippen LogP contribution in [0.3, 0.4) is 0 Å². The molecule has 1 unspecified atom stereocenters. The molecule has 112 valence electrons. The third kappa shape index (κ3) is 3.68. The van der Waals surface area contributed by atoms with E-state index in [1.165, 1.54) is 45.3 Å². The van der Waals surface area contributed by atoms with Crippen LogP contribution in [-0.2, 0) is 12.2 Å². The largest absolute Gasteiger partial charge is 0.309 e. The van der Waals surface area contributed by atoms with Crippen LogP contribution < -0.4 is 5.32 Å². The molecular weight excluding hydrogens is 296 g/mol. The number of hydrogen-bond acceptors (Lipinski definition) is 4. The van der Waals surface area contributed by atoms with Gasteiger partial charge < -0.3 is 5.32 Å². The summed E-state index contributed by atoms with van der Waals surface area (Å²) in [5.74, 6) is 0.986. The van der Waals surface area contributed by atoms with E-state index in [9.17, 15) is 0 Å². The van der Waals surface area contributed by atoms with Crippen LogP contribution in [0.25, 0.3) is 0 Å². The van der Waals surface area contributed by atoms with Gasteiger partial charge in [0.15, 0.2) is 0 Å². The van der Waals surface area contributed by atoms with Gasteiger partial charge in [0, 0.05) is 9.77 Å². The lowest BCUT2D eigenvalue weighted by Gasteiger charge is -2.21. The van der Waals surface area contributed by atoms with Crippen molar-refractivity contribution in [2.24, 2.45) is 0 Å². The first-order valence-electron chi connectivity index (χ1n) is 7.67. The van der Waals surface area contributed by atoms with Gasteiger partial charge in [-0.2, -0.15) is 0 Å². The van der Waals surface area contributed by atoms with Crippen LogP contribution in [-0.4, -0.2) is 11.5 Å². The van der Waals surface area contributed by atoms with Crippen molar-refractivity contribution in [2.75, 3.05) is 6.54 Å². The Balaban J connectivity index is 1.68. The normalized spacial score (nSPS) is 17.7. The number of fused-ring (bicyclic) bond motifs is 1. The van der Waals surface area contributed by atoms with Crippen LogP contribution >= 0.6 is 23.1 Å². The van der Waals surface area contributed by atoms with Gasteiger partial charge >= 0.3 is 0 Å². The number of benzene rings is 1. The Kier molecular flexibility index (Phi) is 4.99. The van der Waals surface area contributed by atoms with E-state index in [-0.39, 0.29) is 0 Å². The molecule has 21 heavy (non-hydrogen) atoms. The fourth-order valence-corrected chi connectivity index (χ4v) is 4.82. The number of aryl methyl sites for hydroxylation is 2. The van der Waals surface area contributed by atoms with Crippen LogP contribution in [0.15, 0.2) is 29.2 Å². The molecule has 0 saturated heterocycles. The molecule has 0 fully saturated rings. The molecule has 3 rings (SSSR count). The van der Waals surface area contributed by atoms with Gasteiger partial charge in [0.1, 0.15) is 5.01 Å². The fraction of sp³-hybridized carbons (Fsp3) is 0.471. The average Bonchev–Trinajstić information content (AvgIpc) is 2.91. The third-order valence-electron chi connectivity index (χ3n) is 3.83. The van der Waals surface area contributed by atoms with Gasteiger partial charge in [-0.25, -0.2) is 4.98 Å². The zero-order chi connectivity index (χ0) is 14.7. The standard InChI is InChI=1S/C17H22N2S2/c1-3-18-14-5-4-6-15-17(14)19-16(21-15)11-20-13-9-7-12(2)8-10-13/h7-10,14,18H,3-6,11H2,1-2H3. The minimum Gasteiger partial charge on any atom is -0.309 e. The molecule has 0 aliphatic heterocycles. The van der Waals surface area contributed by atoms with Crippen LogP contribution in [0.4, 0.5) is 0 Å². The maximum absolute atomic E-state index is 4.92. The van der Waals surface area contributed by atoms with Crippen molar-refractivity contribution < 1.29 is 0 Å². The van der Waals surface area contributed by atoms with Gasteiger partial charge in [0.25, 0.3) is 0 Å². The van der Waals surface area contributed by atoms with Crippen LogP contribution in [0, 0.1) is 6.92 Å². The third-order valence-corrected chi connectivity index (χ3v) is 6.17. The van der Waals surface area contributed by atoms with E-state index < -0.39 is 0 Å². The minimum absolute atomic E-state index is 0.480. The van der Waals surface area contributed by atoms with Gasteiger partial charge in [-0.15, -0.1) is 23.1 Å². The smallest absolute Gasteiger partial charge is 0.103 e. The zero-order valence-corrected chi connectivity index (χ0v) is 14.3. The lowest BCUT2D eigenvalue weighted by atomic mass is 9.98. The monoisotopic (exact) mass is 318 g/mol. The summed E-state index contributed by atoms with van der Waals surface area (Å²) in [5, 5.41) is 4.84. The molecule has 0 saturated carbocycles. The lowest BCUT2D eigenvalue weighted by Crippen LogP contribution is -2.24. The Morgan fingerprint density at radius 2 is 2.14 bits per heavy atom. The van der Waals surface area contributed by atoms with Gasteiger partial charge in [-0.05, 0) is 44.9 Å². The Hall–Kier alpha value is -0.840. The fourth-order valence-electron chi connectivity index (χ4n) is 2.76. The molecule has 0 amide bonds. The van der Waals surface area contributed by atoms with Gasteiger partial charge in [0.2, 0.25) is 0 Å². The van der Waals surface area contributed by atoms with Crippen LogP contribution in [0.5, 0.6) is 0 Å². The number of aromatic nitrogens is 1. The zero-order valence-electron chi connectivity index (χ0n) is 12.7. The van der Waals surface area contributed by atoms with Crippen LogP contribution in [0.2, 0.25) is 0 Å². The summed E-state index contributed by atoms with van der Waals surface area (Å²) in [4.78, 5) is 7.76.